The van der Waals surface area contributed by atoms with Crippen LogP contribution in [0, 0.1) is 0 Å². The Balaban J connectivity index is 2.02. The van der Waals surface area contributed by atoms with Gasteiger partial charge in [0.25, 0.3) is 0 Å². The molecular formula is C21H25NO3. The SMILES string of the molecule is CCOc1ccc(/C=C/C(=O)Nc2ccc(C(C)C)cc2)cc1OC. The maximum absolute atomic E-state index is 12.1. The Labute approximate surface area is 149 Å². The fourth-order valence-electron chi connectivity index (χ4n) is 2.37. The molecule has 1 amide bonds. The molecule has 0 radical (unpaired) electrons. The summed E-state index contributed by atoms with van der Waals surface area (Å²) in [7, 11) is 1.60. The highest BCUT2D eigenvalue weighted by molar-refractivity contribution is 6.01. The molecule has 132 valence electrons. The summed E-state index contributed by atoms with van der Waals surface area (Å²) in [6.45, 7) is 6.78. The van der Waals surface area contributed by atoms with E-state index in [1.165, 1.54) is 11.6 Å². The Morgan fingerprint density at radius 2 is 1.84 bits per heavy atom. The summed E-state index contributed by atoms with van der Waals surface area (Å²) in [6, 6.07) is 13.5. The molecule has 0 spiro atoms. The summed E-state index contributed by atoms with van der Waals surface area (Å²) in [4.78, 5) is 12.1. The molecule has 2 aromatic rings. The number of amides is 1. The summed E-state index contributed by atoms with van der Waals surface area (Å²) in [5, 5.41) is 2.86. The number of carbonyl (C=O) groups is 1. The standard InChI is InChI=1S/C21H25NO3/c1-5-25-19-12-6-16(14-20(19)24-4)7-13-21(23)22-18-10-8-17(9-11-18)15(2)3/h6-15H,5H2,1-4H3,(H,22,23)/b13-7+. The predicted molar refractivity (Wildman–Crippen MR) is 102 cm³/mol. The first-order valence-electron chi connectivity index (χ1n) is 8.43. The van der Waals surface area contributed by atoms with Crippen LogP contribution in [0.25, 0.3) is 6.08 Å². The number of hydrogen-bond donors (Lipinski definition) is 1. The highest BCUT2D eigenvalue weighted by Crippen LogP contribution is 2.28. The summed E-state index contributed by atoms with van der Waals surface area (Å²) >= 11 is 0. The van der Waals surface area contributed by atoms with Crippen molar-refractivity contribution in [2.75, 3.05) is 19.0 Å². The number of nitrogens with one attached hydrogen (secondary N) is 1. The maximum Gasteiger partial charge on any atom is 0.248 e. The zero-order valence-corrected chi connectivity index (χ0v) is 15.2. The fourth-order valence-corrected chi connectivity index (χ4v) is 2.37. The Morgan fingerprint density at radius 3 is 2.44 bits per heavy atom. The average Bonchev–Trinajstić information content (AvgIpc) is 2.61. The van der Waals surface area contributed by atoms with Crippen LogP contribution in [0.2, 0.25) is 0 Å². The average molecular weight is 339 g/mol. The van der Waals surface area contributed by atoms with Crippen LogP contribution in [0.4, 0.5) is 5.69 Å². The summed E-state index contributed by atoms with van der Waals surface area (Å²) in [5.74, 6) is 1.63. The molecule has 0 aliphatic rings. The van der Waals surface area contributed by atoms with E-state index in [1.807, 2.05) is 49.4 Å². The van der Waals surface area contributed by atoms with E-state index in [-0.39, 0.29) is 5.91 Å². The van der Waals surface area contributed by atoms with Crippen LogP contribution in [-0.2, 0) is 4.79 Å². The highest BCUT2D eigenvalue weighted by Gasteiger charge is 2.05. The molecule has 25 heavy (non-hydrogen) atoms. The van der Waals surface area contributed by atoms with Crippen molar-refractivity contribution in [3.05, 3.63) is 59.7 Å². The number of carbonyl (C=O) groups excluding carboxylic acids is 1. The quantitative estimate of drug-likeness (QED) is 0.732. The number of benzene rings is 2. The fraction of sp³-hybridized carbons (Fsp3) is 0.286. The minimum absolute atomic E-state index is 0.176. The highest BCUT2D eigenvalue weighted by atomic mass is 16.5. The zero-order valence-electron chi connectivity index (χ0n) is 15.2. The molecule has 1 N–H and O–H groups in total. The lowest BCUT2D eigenvalue weighted by Gasteiger charge is -2.09. The van der Waals surface area contributed by atoms with Crippen molar-refractivity contribution in [2.24, 2.45) is 0 Å². The molecule has 0 atom stereocenters. The molecule has 0 unspecified atom stereocenters. The minimum Gasteiger partial charge on any atom is -0.493 e. The van der Waals surface area contributed by atoms with Crippen LogP contribution in [-0.4, -0.2) is 19.6 Å². The topological polar surface area (TPSA) is 47.6 Å². The van der Waals surface area contributed by atoms with Gasteiger partial charge >= 0.3 is 0 Å². The van der Waals surface area contributed by atoms with Crippen molar-refractivity contribution in [1.82, 2.24) is 0 Å². The lowest BCUT2D eigenvalue weighted by molar-refractivity contribution is -0.111. The Morgan fingerprint density at radius 1 is 1.12 bits per heavy atom. The van der Waals surface area contributed by atoms with Crippen LogP contribution in [0.3, 0.4) is 0 Å². The van der Waals surface area contributed by atoms with E-state index in [2.05, 4.69) is 19.2 Å². The van der Waals surface area contributed by atoms with Gasteiger partial charge in [0.1, 0.15) is 0 Å². The van der Waals surface area contributed by atoms with Crippen molar-refractivity contribution >= 4 is 17.7 Å². The molecule has 4 nitrogen and oxygen atoms in total. The van der Waals surface area contributed by atoms with Crippen molar-refractivity contribution in [3.63, 3.8) is 0 Å². The van der Waals surface area contributed by atoms with Crippen LogP contribution >= 0.6 is 0 Å². The Hall–Kier alpha value is -2.75. The summed E-state index contributed by atoms with van der Waals surface area (Å²) in [5.41, 5.74) is 2.89. The van der Waals surface area contributed by atoms with Gasteiger partial charge in [0.2, 0.25) is 5.91 Å². The molecule has 0 aliphatic carbocycles. The molecule has 2 aromatic carbocycles. The molecule has 4 heteroatoms. The van der Waals surface area contributed by atoms with Gasteiger partial charge in [-0.2, -0.15) is 0 Å². The third-order valence-electron chi connectivity index (χ3n) is 3.76. The van der Waals surface area contributed by atoms with Gasteiger partial charge in [-0.1, -0.05) is 32.0 Å². The molecule has 0 aromatic heterocycles. The molecule has 0 heterocycles. The van der Waals surface area contributed by atoms with Crippen molar-refractivity contribution < 1.29 is 14.3 Å². The molecular weight excluding hydrogens is 314 g/mol. The molecule has 2 rings (SSSR count). The Bertz CT molecular complexity index is 733. The first-order chi connectivity index (χ1) is 12.0. The van der Waals surface area contributed by atoms with Crippen molar-refractivity contribution in [3.8, 4) is 11.5 Å². The summed E-state index contributed by atoms with van der Waals surface area (Å²) in [6.07, 6.45) is 3.25. The molecule has 0 bridgehead atoms. The number of methoxy groups -OCH3 is 1. The van der Waals surface area contributed by atoms with Gasteiger partial charge in [-0.05, 0) is 54.3 Å². The third-order valence-corrected chi connectivity index (χ3v) is 3.76. The summed E-state index contributed by atoms with van der Waals surface area (Å²) < 4.78 is 10.8. The minimum atomic E-state index is -0.176. The number of anilines is 1. The zero-order chi connectivity index (χ0) is 18.2. The second kappa shape index (κ2) is 8.92. The van der Waals surface area contributed by atoms with E-state index in [4.69, 9.17) is 9.47 Å². The van der Waals surface area contributed by atoms with Crippen LogP contribution in [0.1, 0.15) is 37.8 Å². The number of hydrogen-bond acceptors (Lipinski definition) is 3. The van der Waals surface area contributed by atoms with Crippen LogP contribution < -0.4 is 14.8 Å². The van der Waals surface area contributed by atoms with Crippen LogP contribution in [0.15, 0.2) is 48.5 Å². The van der Waals surface area contributed by atoms with Gasteiger partial charge in [-0.15, -0.1) is 0 Å². The molecule has 0 saturated carbocycles. The molecule has 0 saturated heterocycles. The van der Waals surface area contributed by atoms with Gasteiger partial charge in [0.05, 0.1) is 13.7 Å². The lowest BCUT2D eigenvalue weighted by atomic mass is 10.0. The maximum atomic E-state index is 12.1. The normalized spacial score (nSPS) is 10.9. The second-order valence-electron chi connectivity index (χ2n) is 5.94. The first-order valence-corrected chi connectivity index (χ1v) is 8.43. The van der Waals surface area contributed by atoms with E-state index in [9.17, 15) is 4.79 Å². The largest absolute Gasteiger partial charge is 0.493 e. The van der Waals surface area contributed by atoms with E-state index in [1.54, 1.807) is 13.2 Å². The smallest absolute Gasteiger partial charge is 0.248 e. The van der Waals surface area contributed by atoms with Gasteiger partial charge in [0, 0.05) is 11.8 Å². The van der Waals surface area contributed by atoms with E-state index >= 15 is 0 Å². The first kappa shape index (κ1) is 18.6. The van der Waals surface area contributed by atoms with Gasteiger partial charge in [-0.3, -0.25) is 4.79 Å². The number of ether oxygens (including phenoxy) is 2. The molecule has 0 aliphatic heterocycles. The van der Waals surface area contributed by atoms with Gasteiger partial charge in [-0.25, -0.2) is 0 Å². The van der Waals surface area contributed by atoms with Gasteiger partial charge < -0.3 is 14.8 Å². The monoisotopic (exact) mass is 339 g/mol. The Kier molecular flexibility index (Phi) is 6.63. The van der Waals surface area contributed by atoms with Crippen LogP contribution in [0.5, 0.6) is 11.5 Å². The van der Waals surface area contributed by atoms with Crippen molar-refractivity contribution in [2.45, 2.75) is 26.7 Å². The lowest BCUT2D eigenvalue weighted by Crippen LogP contribution is -2.07. The van der Waals surface area contributed by atoms with E-state index < -0.39 is 0 Å². The molecule has 0 fully saturated rings. The van der Waals surface area contributed by atoms with Crippen molar-refractivity contribution in [1.29, 1.82) is 0 Å². The van der Waals surface area contributed by atoms with E-state index in [0.717, 1.165) is 11.3 Å². The van der Waals surface area contributed by atoms with Gasteiger partial charge in [0.15, 0.2) is 11.5 Å². The third kappa shape index (κ3) is 5.38. The predicted octanol–water partition coefficient (Wildman–Crippen LogP) is 4.87. The number of rotatable bonds is 7. The second-order valence-corrected chi connectivity index (χ2v) is 5.94. The van der Waals surface area contributed by atoms with E-state index in [0.29, 0.717) is 24.0 Å².